The van der Waals surface area contributed by atoms with Crippen LogP contribution in [0, 0.1) is 18.8 Å². The largest absolute Gasteiger partial charge is 0.352 e. The van der Waals surface area contributed by atoms with Crippen molar-refractivity contribution in [1.82, 2.24) is 15.1 Å². The summed E-state index contributed by atoms with van der Waals surface area (Å²) in [5.41, 5.74) is 2.98. The van der Waals surface area contributed by atoms with E-state index in [4.69, 9.17) is 0 Å². The van der Waals surface area contributed by atoms with Gasteiger partial charge >= 0.3 is 0 Å². The zero-order valence-electron chi connectivity index (χ0n) is 24.0. The number of aryl methyl sites for hydroxylation is 1. The number of carbonyl (C=O) groups excluding carboxylic acids is 4. The summed E-state index contributed by atoms with van der Waals surface area (Å²) in [5, 5.41) is 3.26. The van der Waals surface area contributed by atoms with Crippen LogP contribution in [-0.2, 0) is 32.1 Å². The number of rotatable bonds is 10. The highest BCUT2D eigenvalue weighted by atomic mass is 16.2. The Hall–Kier alpha value is -3.74. The second-order valence-electron chi connectivity index (χ2n) is 11.8. The Morgan fingerprint density at radius 3 is 2.22 bits per heavy atom. The highest BCUT2D eigenvalue weighted by Crippen LogP contribution is 2.35. The predicted octanol–water partition coefficient (Wildman–Crippen LogP) is 4.73. The van der Waals surface area contributed by atoms with Crippen LogP contribution in [-0.4, -0.2) is 52.1 Å². The van der Waals surface area contributed by atoms with Gasteiger partial charge in [0.1, 0.15) is 6.04 Å². The van der Waals surface area contributed by atoms with E-state index in [1.54, 1.807) is 4.90 Å². The average molecular weight is 556 g/mol. The number of hydrogen-bond donors (Lipinski definition) is 1. The number of imide groups is 1. The lowest BCUT2D eigenvalue weighted by molar-refractivity contribution is -0.144. The topological polar surface area (TPSA) is 86.8 Å². The summed E-state index contributed by atoms with van der Waals surface area (Å²) >= 11 is 0. The smallest absolute Gasteiger partial charge is 0.243 e. The molecule has 3 atom stereocenters. The van der Waals surface area contributed by atoms with E-state index in [-0.39, 0.29) is 61.0 Å². The molecule has 0 spiro atoms. The van der Waals surface area contributed by atoms with Gasteiger partial charge in [-0.15, -0.1) is 0 Å². The predicted molar refractivity (Wildman–Crippen MR) is 157 cm³/mol. The Bertz CT molecular complexity index is 1260. The van der Waals surface area contributed by atoms with Gasteiger partial charge in [-0.05, 0) is 43.7 Å². The molecular formula is C34H41N3O4. The maximum Gasteiger partial charge on any atom is 0.243 e. The number of nitrogens with one attached hydrogen (secondary N) is 1. The van der Waals surface area contributed by atoms with Crippen molar-refractivity contribution in [2.45, 2.75) is 83.3 Å². The fourth-order valence-electron chi connectivity index (χ4n) is 6.55. The quantitative estimate of drug-likeness (QED) is 0.339. The maximum absolute atomic E-state index is 14.0. The molecule has 2 aromatic carbocycles. The normalized spacial score (nSPS) is 21.4. The van der Waals surface area contributed by atoms with Gasteiger partial charge in [-0.2, -0.15) is 0 Å². The maximum atomic E-state index is 14.0. The van der Waals surface area contributed by atoms with Gasteiger partial charge in [-0.1, -0.05) is 91.6 Å². The molecule has 1 saturated heterocycles. The molecule has 216 valence electrons. The van der Waals surface area contributed by atoms with Gasteiger partial charge < -0.3 is 10.2 Å². The van der Waals surface area contributed by atoms with E-state index in [9.17, 15) is 19.2 Å². The number of allylic oxidation sites excluding steroid dienone is 2. The highest BCUT2D eigenvalue weighted by Gasteiger charge is 2.47. The second-order valence-corrected chi connectivity index (χ2v) is 11.8. The second kappa shape index (κ2) is 13.3. The van der Waals surface area contributed by atoms with Gasteiger partial charge in [-0.3, -0.25) is 24.1 Å². The van der Waals surface area contributed by atoms with Crippen molar-refractivity contribution in [3.63, 3.8) is 0 Å². The number of nitrogens with zero attached hydrogens (tertiary/aromatic N) is 2. The van der Waals surface area contributed by atoms with E-state index in [2.05, 4.69) is 5.32 Å². The van der Waals surface area contributed by atoms with E-state index in [0.29, 0.717) is 19.3 Å². The molecule has 0 radical (unpaired) electrons. The van der Waals surface area contributed by atoms with Gasteiger partial charge in [0.25, 0.3) is 0 Å². The van der Waals surface area contributed by atoms with Crippen LogP contribution >= 0.6 is 0 Å². The van der Waals surface area contributed by atoms with Crippen LogP contribution in [0.4, 0.5) is 0 Å². The number of hydrogen-bond acceptors (Lipinski definition) is 4. The lowest BCUT2D eigenvalue weighted by Gasteiger charge is -2.34. The lowest BCUT2D eigenvalue weighted by Crippen LogP contribution is -2.53. The molecule has 1 aliphatic heterocycles. The molecule has 5 rings (SSSR count). The third-order valence-corrected chi connectivity index (χ3v) is 8.81. The Kier molecular flexibility index (Phi) is 9.32. The van der Waals surface area contributed by atoms with Crippen LogP contribution < -0.4 is 5.32 Å². The summed E-state index contributed by atoms with van der Waals surface area (Å²) in [6.07, 6.45) is 10.7. The molecule has 2 aliphatic carbocycles. The first-order valence-electron chi connectivity index (χ1n) is 15.1. The van der Waals surface area contributed by atoms with Crippen molar-refractivity contribution in [1.29, 1.82) is 0 Å². The summed E-state index contributed by atoms with van der Waals surface area (Å²) in [7, 11) is 0. The van der Waals surface area contributed by atoms with Gasteiger partial charge in [0, 0.05) is 32.0 Å². The van der Waals surface area contributed by atoms with Gasteiger partial charge in [0.2, 0.25) is 23.6 Å². The van der Waals surface area contributed by atoms with Crippen molar-refractivity contribution in [2.75, 3.05) is 6.54 Å². The molecular weight excluding hydrogens is 514 g/mol. The molecule has 1 N–H and O–H groups in total. The molecule has 7 heteroatoms. The minimum absolute atomic E-state index is 0.0157. The molecule has 1 heterocycles. The fourth-order valence-corrected chi connectivity index (χ4v) is 6.55. The first-order valence-corrected chi connectivity index (χ1v) is 15.1. The van der Waals surface area contributed by atoms with Crippen LogP contribution in [0.5, 0.6) is 0 Å². The third-order valence-electron chi connectivity index (χ3n) is 8.81. The first kappa shape index (κ1) is 28.8. The molecule has 0 bridgehead atoms. The summed E-state index contributed by atoms with van der Waals surface area (Å²) in [4.78, 5) is 57.0. The van der Waals surface area contributed by atoms with E-state index in [1.165, 1.54) is 11.3 Å². The standard InChI is InChI=1S/C34H41N3O4/c1-24-11-10-14-26(21-24)23-37(31(38)19-20-36-33(40)28-17-8-9-18-29(28)34(36)41)30(22-25-12-4-2-5-13-25)32(39)35-27-15-6-3-7-16-27/h2,4-5,8-14,21,27-30H,3,6-7,15-20,22-23H2,1H3,(H,35,39)/t28-,29+,30-/m1/s1. The van der Waals surface area contributed by atoms with Crippen molar-refractivity contribution in [2.24, 2.45) is 11.8 Å². The molecule has 0 unspecified atom stereocenters. The summed E-state index contributed by atoms with van der Waals surface area (Å²) in [5.74, 6) is -1.39. The Labute approximate surface area is 243 Å². The van der Waals surface area contributed by atoms with E-state index < -0.39 is 6.04 Å². The average Bonchev–Trinajstić information content (AvgIpc) is 3.23. The van der Waals surface area contributed by atoms with E-state index in [1.807, 2.05) is 73.7 Å². The van der Waals surface area contributed by atoms with Crippen LogP contribution in [0.1, 0.15) is 68.1 Å². The number of benzene rings is 2. The van der Waals surface area contributed by atoms with E-state index >= 15 is 0 Å². The monoisotopic (exact) mass is 555 g/mol. The van der Waals surface area contributed by atoms with Crippen LogP contribution in [0.25, 0.3) is 0 Å². The minimum Gasteiger partial charge on any atom is -0.352 e. The van der Waals surface area contributed by atoms with Crippen LogP contribution in [0.3, 0.4) is 0 Å². The van der Waals surface area contributed by atoms with Gasteiger partial charge in [0.15, 0.2) is 0 Å². The fraction of sp³-hybridized carbons (Fsp3) is 0.471. The lowest BCUT2D eigenvalue weighted by atomic mass is 9.85. The summed E-state index contributed by atoms with van der Waals surface area (Å²) in [6, 6.07) is 17.1. The minimum atomic E-state index is -0.718. The molecule has 2 fully saturated rings. The Morgan fingerprint density at radius 2 is 1.56 bits per heavy atom. The van der Waals surface area contributed by atoms with Crippen molar-refractivity contribution < 1.29 is 19.2 Å². The van der Waals surface area contributed by atoms with Crippen molar-refractivity contribution >= 4 is 23.6 Å². The van der Waals surface area contributed by atoms with Crippen LogP contribution in [0.2, 0.25) is 0 Å². The van der Waals surface area contributed by atoms with Crippen LogP contribution in [0.15, 0.2) is 66.7 Å². The molecule has 2 aromatic rings. The number of fused-ring (bicyclic) bond motifs is 1. The zero-order valence-corrected chi connectivity index (χ0v) is 24.0. The number of carbonyl (C=O) groups is 4. The summed E-state index contributed by atoms with van der Waals surface area (Å²) < 4.78 is 0. The Balaban J connectivity index is 1.39. The third kappa shape index (κ3) is 6.95. The molecule has 1 saturated carbocycles. The molecule has 3 aliphatic rings. The molecule has 41 heavy (non-hydrogen) atoms. The molecule has 7 nitrogen and oxygen atoms in total. The highest BCUT2D eigenvalue weighted by molar-refractivity contribution is 6.05. The number of amides is 4. The van der Waals surface area contributed by atoms with Crippen molar-refractivity contribution in [3.8, 4) is 0 Å². The number of likely N-dealkylation sites (tertiary alicyclic amines) is 1. The molecule has 4 amide bonds. The van der Waals surface area contributed by atoms with Gasteiger partial charge in [0.05, 0.1) is 11.8 Å². The van der Waals surface area contributed by atoms with Gasteiger partial charge in [-0.25, -0.2) is 0 Å². The molecule has 0 aromatic heterocycles. The first-order chi connectivity index (χ1) is 19.9. The summed E-state index contributed by atoms with van der Waals surface area (Å²) in [6.45, 7) is 2.31. The van der Waals surface area contributed by atoms with E-state index in [0.717, 1.165) is 42.4 Å². The zero-order chi connectivity index (χ0) is 28.8. The van der Waals surface area contributed by atoms with Crippen molar-refractivity contribution in [3.05, 3.63) is 83.4 Å². The SMILES string of the molecule is Cc1cccc(CN(C(=O)CCN2C(=O)[C@H]3CC=CC[C@H]3C2=O)[C@H](Cc2ccccc2)C(=O)NC2CCCCC2)c1. The Morgan fingerprint density at radius 1 is 0.902 bits per heavy atom.